The summed E-state index contributed by atoms with van der Waals surface area (Å²) in [4.78, 5) is 22.8. The van der Waals surface area contributed by atoms with E-state index >= 15 is 0 Å². The number of nitrogens with zero attached hydrogens (tertiary/aromatic N) is 6. The molecular formula is C16H22N8. The van der Waals surface area contributed by atoms with Crippen LogP contribution >= 0.6 is 0 Å². The zero-order valence-corrected chi connectivity index (χ0v) is 14.0. The second kappa shape index (κ2) is 5.77. The van der Waals surface area contributed by atoms with Gasteiger partial charge in [-0.05, 0) is 26.7 Å². The summed E-state index contributed by atoms with van der Waals surface area (Å²) >= 11 is 0. The minimum Gasteiger partial charge on any atom is -0.368 e. The molecule has 1 aliphatic rings. The van der Waals surface area contributed by atoms with Gasteiger partial charge in [0.1, 0.15) is 11.3 Å². The molecule has 0 atom stereocenters. The van der Waals surface area contributed by atoms with Crippen molar-refractivity contribution in [2.24, 2.45) is 0 Å². The Labute approximate surface area is 140 Å². The first-order valence-corrected chi connectivity index (χ1v) is 8.37. The monoisotopic (exact) mass is 326 g/mol. The number of imidazole rings is 2. The summed E-state index contributed by atoms with van der Waals surface area (Å²) in [5.74, 6) is 2.79. The molecule has 0 spiro atoms. The molecule has 4 rings (SSSR count). The van der Waals surface area contributed by atoms with Gasteiger partial charge < -0.3 is 20.2 Å². The average molecular weight is 326 g/mol. The number of nitrogens with one attached hydrogen (secondary N) is 1. The number of H-pyrrole nitrogens is 1. The first-order valence-electron chi connectivity index (χ1n) is 8.37. The van der Waals surface area contributed by atoms with Gasteiger partial charge in [-0.15, -0.1) is 0 Å². The molecule has 126 valence electrons. The predicted octanol–water partition coefficient (Wildman–Crippen LogP) is 2.10. The van der Waals surface area contributed by atoms with Crippen LogP contribution in [0.15, 0.2) is 18.7 Å². The molecule has 3 aromatic heterocycles. The number of rotatable bonds is 3. The minimum atomic E-state index is 0.266. The number of nitrogen functional groups attached to an aromatic ring is 1. The van der Waals surface area contributed by atoms with Gasteiger partial charge >= 0.3 is 0 Å². The first-order chi connectivity index (χ1) is 11.6. The van der Waals surface area contributed by atoms with Crippen molar-refractivity contribution in [3.05, 3.63) is 24.5 Å². The number of anilines is 2. The Balaban J connectivity index is 1.55. The van der Waals surface area contributed by atoms with Gasteiger partial charge in [0, 0.05) is 37.4 Å². The Morgan fingerprint density at radius 2 is 2.00 bits per heavy atom. The van der Waals surface area contributed by atoms with Gasteiger partial charge in [-0.2, -0.15) is 9.97 Å². The highest BCUT2D eigenvalue weighted by molar-refractivity contribution is 5.84. The molecule has 0 radical (unpaired) electrons. The van der Waals surface area contributed by atoms with Crippen molar-refractivity contribution in [2.45, 2.75) is 38.6 Å². The lowest BCUT2D eigenvalue weighted by Gasteiger charge is -2.33. The summed E-state index contributed by atoms with van der Waals surface area (Å²) in [5, 5.41) is 0. The fourth-order valence-corrected chi connectivity index (χ4v) is 3.49. The SMILES string of the molecule is CC(C)n1ccnc1C1CCN(c2nc(N)nc3nc[nH]c23)CC1. The Hall–Kier alpha value is -2.64. The third kappa shape index (κ3) is 2.47. The van der Waals surface area contributed by atoms with Crippen molar-refractivity contribution >= 4 is 22.9 Å². The van der Waals surface area contributed by atoms with Crippen LogP contribution in [0.3, 0.4) is 0 Å². The lowest BCUT2D eigenvalue weighted by atomic mass is 9.95. The zero-order valence-electron chi connectivity index (χ0n) is 14.0. The molecule has 0 amide bonds. The lowest BCUT2D eigenvalue weighted by molar-refractivity contribution is 0.448. The maximum atomic E-state index is 5.83. The van der Waals surface area contributed by atoms with Crippen LogP contribution in [0.1, 0.15) is 44.5 Å². The highest BCUT2D eigenvalue weighted by Crippen LogP contribution is 2.32. The summed E-state index contributed by atoms with van der Waals surface area (Å²) in [6.07, 6.45) is 7.70. The van der Waals surface area contributed by atoms with E-state index in [-0.39, 0.29) is 5.95 Å². The highest BCUT2D eigenvalue weighted by atomic mass is 15.2. The van der Waals surface area contributed by atoms with Crippen LogP contribution < -0.4 is 10.6 Å². The molecule has 0 aromatic carbocycles. The van der Waals surface area contributed by atoms with Gasteiger partial charge in [0.15, 0.2) is 11.5 Å². The molecule has 8 heteroatoms. The van der Waals surface area contributed by atoms with Crippen LogP contribution in [0.5, 0.6) is 0 Å². The Morgan fingerprint density at radius 1 is 1.21 bits per heavy atom. The van der Waals surface area contributed by atoms with Crippen LogP contribution in [0.4, 0.5) is 11.8 Å². The van der Waals surface area contributed by atoms with E-state index in [0.717, 1.165) is 37.3 Å². The molecule has 8 nitrogen and oxygen atoms in total. The van der Waals surface area contributed by atoms with Crippen molar-refractivity contribution in [3.63, 3.8) is 0 Å². The van der Waals surface area contributed by atoms with Crippen molar-refractivity contribution in [1.82, 2.24) is 29.5 Å². The van der Waals surface area contributed by atoms with E-state index in [9.17, 15) is 0 Å². The number of nitrogens with two attached hydrogens (primary N) is 1. The Bertz CT molecular complexity index is 841. The largest absolute Gasteiger partial charge is 0.368 e. The summed E-state index contributed by atoms with van der Waals surface area (Å²) in [7, 11) is 0. The molecule has 0 aliphatic carbocycles. The molecule has 3 N–H and O–H groups in total. The smallest absolute Gasteiger partial charge is 0.224 e. The van der Waals surface area contributed by atoms with Gasteiger partial charge in [0.25, 0.3) is 0 Å². The van der Waals surface area contributed by atoms with E-state index < -0.39 is 0 Å². The molecular weight excluding hydrogens is 304 g/mol. The van der Waals surface area contributed by atoms with Crippen LogP contribution in [0.2, 0.25) is 0 Å². The van der Waals surface area contributed by atoms with Crippen LogP contribution in [-0.2, 0) is 0 Å². The minimum absolute atomic E-state index is 0.266. The molecule has 3 aromatic rings. The maximum Gasteiger partial charge on any atom is 0.224 e. The van der Waals surface area contributed by atoms with Crippen molar-refractivity contribution in [2.75, 3.05) is 23.7 Å². The summed E-state index contributed by atoms with van der Waals surface area (Å²) in [6, 6.07) is 0.437. The van der Waals surface area contributed by atoms with E-state index in [2.05, 4.69) is 54.4 Å². The van der Waals surface area contributed by atoms with E-state index in [1.165, 1.54) is 5.82 Å². The van der Waals surface area contributed by atoms with Gasteiger partial charge in [-0.25, -0.2) is 9.97 Å². The standard InChI is InChI=1S/C16H22N8/c1-10(2)24-8-5-18-14(24)11-3-6-23(7-4-11)15-12-13(20-9-19-12)21-16(17)22-15/h5,8-11H,3-4,6-7H2,1-2H3,(H3,17,19,20,21,22). The van der Waals surface area contributed by atoms with E-state index in [1.807, 2.05) is 6.20 Å². The molecule has 1 saturated heterocycles. The number of hydrogen-bond acceptors (Lipinski definition) is 6. The first kappa shape index (κ1) is 14.9. The van der Waals surface area contributed by atoms with E-state index in [4.69, 9.17) is 5.73 Å². The average Bonchev–Trinajstić information content (AvgIpc) is 3.23. The maximum absolute atomic E-state index is 5.83. The molecule has 0 unspecified atom stereocenters. The topological polar surface area (TPSA) is 102 Å². The van der Waals surface area contributed by atoms with Gasteiger partial charge in [-0.1, -0.05) is 0 Å². The van der Waals surface area contributed by atoms with Crippen LogP contribution in [0, 0.1) is 0 Å². The summed E-state index contributed by atoms with van der Waals surface area (Å²) < 4.78 is 2.27. The zero-order chi connectivity index (χ0) is 16.7. The highest BCUT2D eigenvalue weighted by Gasteiger charge is 2.26. The molecule has 1 fully saturated rings. The molecule has 1 aliphatic heterocycles. The number of aromatic nitrogens is 6. The second-order valence-electron chi connectivity index (χ2n) is 6.55. The van der Waals surface area contributed by atoms with Crippen molar-refractivity contribution in [1.29, 1.82) is 0 Å². The summed E-state index contributed by atoms with van der Waals surface area (Å²) in [6.45, 7) is 6.22. The molecule has 24 heavy (non-hydrogen) atoms. The third-order valence-electron chi connectivity index (χ3n) is 4.70. The third-order valence-corrected chi connectivity index (χ3v) is 4.70. The van der Waals surface area contributed by atoms with Crippen molar-refractivity contribution < 1.29 is 0 Å². The number of aromatic amines is 1. The fraction of sp³-hybridized carbons (Fsp3) is 0.500. The number of fused-ring (bicyclic) bond motifs is 1. The quantitative estimate of drug-likeness (QED) is 0.764. The molecule has 4 heterocycles. The van der Waals surface area contributed by atoms with E-state index in [1.54, 1.807) is 6.33 Å². The number of hydrogen-bond donors (Lipinski definition) is 2. The van der Waals surface area contributed by atoms with Crippen LogP contribution in [0.25, 0.3) is 11.2 Å². The normalized spacial score (nSPS) is 16.4. The van der Waals surface area contributed by atoms with E-state index in [0.29, 0.717) is 17.6 Å². The number of piperidine rings is 1. The fourth-order valence-electron chi connectivity index (χ4n) is 3.49. The lowest BCUT2D eigenvalue weighted by Crippen LogP contribution is -2.34. The van der Waals surface area contributed by atoms with Gasteiger partial charge in [0.05, 0.1) is 6.33 Å². The molecule has 0 bridgehead atoms. The van der Waals surface area contributed by atoms with Crippen LogP contribution in [-0.4, -0.2) is 42.6 Å². The van der Waals surface area contributed by atoms with Crippen molar-refractivity contribution in [3.8, 4) is 0 Å². The van der Waals surface area contributed by atoms with Gasteiger partial charge in [-0.3, -0.25) is 0 Å². The Kier molecular flexibility index (Phi) is 3.59. The second-order valence-corrected chi connectivity index (χ2v) is 6.55. The van der Waals surface area contributed by atoms with Gasteiger partial charge in [0.2, 0.25) is 5.95 Å². The Morgan fingerprint density at radius 3 is 2.75 bits per heavy atom. The predicted molar refractivity (Wildman–Crippen MR) is 92.9 cm³/mol. The summed E-state index contributed by atoms with van der Waals surface area (Å²) in [5.41, 5.74) is 7.31. The molecule has 0 saturated carbocycles.